The molecule has 0 fully saturated rings. The standard InChI is InChI=1S/C17H17ClF2N6O2/c1-17(19,20)8-26-13-9(6-24-26)5-23-15(14(13)28-3)25-11-4-12(18)22-7-10(11)16(27)21-2/h4-7H,8H2,1-3H3,(H,21,27)(H,22,23,25)/i2D3. The lowest BCUT2D eigenvalue weighted by molar-refractivity contribution is 0.00175. The molecule has 0 radical (unpaired) electrons. The Hall–Kier alpha value is -3.01. The Morgan fingerprint density at radius 3 is 2.86 bits per heavy atom. The summed E-state index contributed by atoms with van der Waals surface area (Å²) in [5.41, 5.74) is 0.215. The Bertz CT molecular complexity index is 1130. The maximum atomic E-state index is 13.6. The van der Waals surface area contributed by atoms with Crippen molar-refractivity contribution in [1.82, 2.24) is 25.1 Å². The van der Waals surface area contributed by atoms with Crippen LogP contribution in [-0.2, 0) is 6.54 Å². The van der Waals surface area contributed by atoms with E-state index in [-0.39, 0.29) is 33.5 Å². The Kier molecular flexibility index (Phi) is 4.31. The SMILES string of the molecule is [2H]C([2H])([2H])NC(=O)c1cnc(Cl)cc1Nc1ncc2cnn(CC(C)(F)F)c2c1OC. The predicted octanol–water partition coefficient (Wildman–Crippen LogP) is 3.25. The maximum Gasteiger partial charge on any atom is 0.264 e. The van der Waals surface area contributed by atoms with Crippen LogP contribution < -0.4 is 15.4 Å². The van der Waals surface area contributed by atoms with Gasteiger partial charge < -0.3 is 15.4 Å². The third-order valence-electron chi connectivity index (χ3n) is 3.74. The van der Waals surface area contributed by atoms with Gasteiger partial charge in [-0.1, -0.05) is 11.6 Å². The van der Waals surface area contributed by atoms with E-state index in [2.05, 4.69) is 20.4 Å². The number of halogens is 3. The zero-order chi connectivity index (χ0) is 23.0. The number of hydrogen-bond donors (Lipinski definition) is 2. The first-order valence-corrected chi connectivity index (χ1v) is 8.27. The number of amides is 1. The quantitative estimate of drug-likeness (QED) is 0.602. The van der Waals surface area contributed by atoms with Crippen molar-refractivity contribution < 1.29 is 22.4 Å². The number of fused-ring (bicyclic) bond motifs is 1. The van der Waals surface area contributed by atoms with Crippen molar-refractivity contribution >= 4 is 39.9 Å². The molecule has 8 nitrogen and oxygen atoms in total. The highest BCUT2D eigenvalue weighted by molar-refractivity contribution is 6.29. The van der Waals surface area contributed by atoms with Crippen LogP contribution in [0.2, 0.25) is 5.15 Å². The molecule has 148 valence electrons. The molecule has 28 heavy (non-hydrogen) atoms. The highest BCUT2D eigenvalue weighted by atomic mass is 35.5. The molecule has 3 rings (SSSR count). The van der Waals surface area contributed by atoms with Crippen LogP contribution in [0.1, 0.15) is 21.4 Å². The third-order valence-corrected chi connectivity index (χ3v) is 3.95. The van der Waals surface area contributed by atoms with Gasteiger partial charge >= 0.3 is 0 Å². The van der Waals surface area contributed by atoms with Gasteiger partial charge in [-0.05, 0) is 6.07 Å². The minimum atomic E-state index is -3.03. The summed E-state index contributed by atoms with van der Waals surface area (Å²) in [7, 11) is 1.32. The summed E-state index contributed by atoms with van der Waals surface area (Å²) in [6, 6.07) is 1.29. The number of hydrogen-bond acceptors (Lipinski definition) is 6. The van der Waals surface area contributed by atoms with E-state index in [0.29, 0.717) is 5.39 Å². The first kappa shape index (κ1) is 16.0. The number of pyridine rings is 2. The number of carbonyl (C=O) groups excluding carboxylic acids is 1. The van der Waals surface area contributed by atoms with Gasteiger partial charge in [0.15, 0.2) is 11.6 Å². The van der Waals surface area contributed by atoms with Gasteiger partial charge in [0.05, 0.1) is 24.6 Å². The second kappa shape index (κ2) is 7.55. The molecule has 0 saturated carbocycles. The fraction of sp³-hybridized carbons (Fsp3) is 0.294. The Labute approximate surface area is 168 Å². The first-order valence-electron chi connectivity index (χ1n) is 9.39. The van der Waals surface area contributed by atoms with Crippen LogP contribution in [0.25, 0.3) is 10.9 Å². The predicted molar refractivity (Wildman–Crippen MR) is 101 cm³/mol. The summed E-state index contributed by atoms with van der Waals surface area (Å²) in [5, 5.41) is 9.14. The second-order valence-corrected chi connectivity index (χ2v) is 6.34. The second-order valence-electron chi connectivity index (χ2n) is 5.95. The van der Waals surface area contributed by atoms with Crippen molar-refractivity contribution in [3.8, 4) is 5.75 Å². The first-order chi connectivity index (χ1) is 14.4. The average Bonchev–Trinajstić information content (AvgIpc) is 3.01. The van der Waals surface area contributed by atoms with E-state index in [4.69, 9.17) is 20.5 Å². The van der Waals surface area contributed by atoms with Crippen molar-refractivity contribution in [2.45, 2.75) is 19.4 Å². The van der Waals surface area contributed by atoms with Crippen molar-refractivity contribution in [1.29, 1.82) is 0 Å². The van der Waals surface area contributed by atoms with Gasteiger partial charge in [-0.15, -0.1) is 0 Å². The van der Waals surface area contributed by atoms with Crippen molar-refractivity contribution in [3.63, 3.8) is 0 Å². The van der Waals surface area contributed by atoms with Gasteiger partial charge in [0.2, 0.25) is 0 Å². The van der Waals surface area contributed by atoms with Gasteiger partial charge in [0.1, 0.15) is 17.2 Å². The lowest BCUT2D eigenvalue weighted by Gasteiger charge is -2.16. The summed E-state index contributed by atoms with van der Waals surface area (Å²) < 4.78 is 55.2. The number of methoxy groups -OCH3 is 1. The minimum absolute atomic E-state index is 0.0173. The topological polar surface area (TPSA) is 94.0 Å². The number of carbonyl (C=O) groups is 1. The van der Waals surface area contributed by atoms with E-state index in [1.807, 2.05) is 5.32 Å². The van der Waals surface area contributed by atoms with Crippen molar-refractivity contribution in [3.05, 3.63) is 35.4 Å². The van der Waals surface area contributed by atoms with E-state index < -0.39 is 25.4 Å². The molecule has 3 aromatic heterocycles. The molecule has 0 spiro atoms. The fourth-order valence-corrected chi connectivity index (χ4v) is 2.78. The van der Waals surface area contributed by atoms with Gasteiger partial charge in [-0.3, -0.25) is 9.48 Å². The molecule has 11 heteroatoms. The summed E-state index contributed by atoms with van der Waals surface area (Å²) in [5.74, 6) is -3.79. The van der Waals surface area contributed by atoms with E-state index in [9.17, 15) is 13.6 Å². The molecule has 0 bridgehead atoms. The number of alkyl halides is 2. The van der Waals surface area contributed by atoms with E-state index in [0.717, 1.165) is 17.8 Å². The van der Waals surface area contributed by atoms with E-state index in [1.54, 1.807) is 0 Å². The van der Waals surface area contributed by atoms with Gasteiger partial charge in [-0.25, -0.2) is 18.7 Å². The minimum Gasteiger partial charge on any atom is -0.491 e. The third kappa shape index (κ3) is 3.96. The van der Waals surface area contributed by atoms with Crippen LogP contribution >= 0.6 is 11.6 Å². The number of nitrogens with zero attached hydrogens (tertiary/aromatic N) is 4. The molecule has 3 heterocycles. The van der Waals surface area contributed by atoms with Gasteiger partial charge in [0, 0.05) is 35.8 Å². The maximum absolute atomic E-state index is 13.6. The lowest BCUT2D eigenvalue weighted by atomic mass is 10.2. The van der Waals surface area contributed by atoms with Gasteiger partial charge in [0.25, 0.3) is 11.8 Å². The monoisotopic (exact) mass is 413 g/mol. The zero-order valence-corrected chi connectivity index (χ0v) is 15.5. The van der Waals surface area contributed by atoms with E-state index >= 15 is 0 Å². The Balaban J connectivity index is 2.07. The molecule has 0 aliphatic rings. The highest BCUT2D eigenvalue weighted by Crippen LogP contribution is 2.35. The molecule has 0 aromatic carbocycles. The van der Waals surface area contributed by atoms with E-state index in [1.165, 1.54) is 25.6 Å². The van der Waals surface area contributed by atoms with Crippen LogP contribution in [0.3, 0.4) is 0 Å². The molecular weight excluding hydrogens is 394 g/mol. The highest BCUT2D eigenvalue weighted by Gasteiger charge is 2.25. The largest absolute Gasteiger partial charge is 0.491 e. The summed E-state index contributed by atoms with van der Waals surface area (Å²) in [4.78, 5) is 20.4. The van der Waals surface area contributed by atoms with Gasteiger partial charge in [-0.2, -0.15) is 5.10 Å². The van der Waals surface area contributed by atoms with Crippen LogP contribution in [0.15, 0.2) is 24.7 Å². The normalized spacial score (nSPS) is 13.5. The van der Waals surface area contributed by atoms with Crippen LogP contribution in [0, 0.1) is 0 Å². The molecule has 0 saturated heterocycles. The number of anilines is 2. The molecule has 2 N–H and O–H groups in total. The Morgan fingerprint density at radius 2 is 2.18 bits per heavy atom. The number of rotatable bonds is 6. The van der Waals surface area contributed by atoms with Crippen LogP contribution in [-0.4, -0.2) is 45.7 Å². The average molecular weight is 414 g/mol. The van der Waals surface area contributed by atoms with Crippen LogP contribution in [0.4, 0.5) is 20.3 Å². The number of ether oxygens (including phenoxy) is 1. The van der Waals surface area contributed by atoms with Crippen molar-refractivity contribution in [2.75, 3.05) is 19.4 Å². The molecular formula is C17H17ClF2N6O2. The number of nitrogens with one attached hydrogen (secondary N) is 2. The zero-order valence-electron chi connectivity index (χ0n) is 17.8. The summed E-state index contributed by atoms with van der Waals surface area (Å²) >= 11 is 5.93. The summed E-state index contributed by atoms with van der Waals surface area (Å²) in [6.45, 7) is -2.65. The molecule has 0 aliphatic heterocycles. The molecule has 0 unspecified atom stereocenters. The molecule has 3 aromatic rings. The Morgan fingerprint density at radius 1 is 1.39 bits per heavy atom. The smallest absolute Gasteiger partial charge is 0.264 e. The number of aromatic nitrogens is 4. The fourth-order valence-electron chi connectivity index (χ4n) is 2.62. The molecule has 0 atom stereocenters. The molecule has 0 aliphatic carbocycles. The molecule has 1 amide bonds. The lowest BCUT2D eigenvalue weighted by Crippen LogP contribution is -2.20. The summed E-state index contributed by atoms with van der Waals surface area (Å²) in [6.07, 6.45) is 3.86. The van der Waals surface area contributed by atoms with Crippen molar-refractivity contribution in [2.24, 2.45) is 0 Å². The van der Waals surface area contributed by atoms with Crippen LogP contribution in [0.5, 0.6) is 5.75 Å².